The first-order chi connectivity index (χ1) is 22.3. The Balaban J connectivity index is 1.22. The summed E-state index contributed by atoms with van der Waals surface area (Å²) in [6, 6.07) is 33.2. The van der Waals surface area contributed by atoms with Crippen LogP contribution in [-0.4, -0.2) is 12.5 Å². The molecule has 0 aromatic heterocycles. The Morgan fingerprint density at radius 3 is 1.17 bits per heavy atom. The summed E-state index contributed by atoms with van der Waals surface area (Å²) in [6.07, 6.45) is 16.1. The summed E-state index contributed by atoms with van der Waals surface area (Å²) in [5.74, 6) is 1.49. The van der Waals surface area contributed by atoms with E-state index in [0.717, 1.165) is 11.8 Å². The molecule has 0 amide bonds. The van der Waals surface area contributed by atoms with Gasteiger partial charge in [-0.2, -0.15) is 0 Å². The Morgan fingerprint density at radius 1 is 0.489 bits per heavy atom. The molecule has 0 saturated heterocycles. The topological polar surface area (TPSA) is 0 Å². The molecule has 0 aliphatic heterocycles. The lowest BCUT2D eigenvalue weighted by molar-refractivity contribution is 0.590. The SMILES string of the molecule is CC(C)(C)c1ccc(-c2cccc3c2C=C(C2CC2)C3S(C)(C)C2C(C3CC3)=Cc3c(-c4ccc(C(C)(C)C)cc4)cccc32)cc1. The quantitative estimate of drug-likeness (QED) is 0.197. The van der Waals surface area contributed by atoms with Crippen LogP contribution in [0.2, 0.25) is 0 Å². The highest BCUT2D eigenvalue weighted by Gasteiger charge is 2.49. The monoisotopic (exact) mass is 636 g/mol. The zero-order valence-corrected chi connectivity index (χ0v) is 30.6. The van der Waals surface area contributed by atoms with Crippen molar-refractivity contribution in [3.8, 4) is 22.3 Å². The van der Waals surface area contributed by atoms with Crippen LogP contribution in [0, 0.1) is 11.8 Å². The molecule has 4 aliphatic carbocycles. The van der Waals surface area contributed by atoms with E-state index in [2.05, 4.69) is 151 Å². The first-order valence-electron chi connectivity index (χ1n) is 17.9. The van der Waals surface area contributed by atoms with E-state index in [9.17, 15) is 0 Å². The molecule has 0 nitrogen and oxygen atoms in total. The van der Waals surface area contributed by atoms with Crippen molar-refractivity contribution in [2.75, 3.05) is 12.5 Å². The lowest BCUT2D eigenvalue weighted by Crippen LogP contribution is -2.19. The third-order valence-corrected chi connectivity index (χ3v) is 15.0. The van der Waals surface area contributed by atoms with E-state index < -0.39 is 10.0 Å². The minimum absolute atomic E-state index is 0.161. The summed E-state index contributed by atoms with van der Waals surface area (Å²) in [7, 11) is -1.16. The van der Waals surface area contributed by atoms with Crippen LogP contribution in [0.25, 0.3) is 34.4 Å². The Morgan fingerprint density at radius 2 is 0.851 bits per heavy atom. The maximum absolute atomic E-state index is 2.69. The number of hydrogen-bond donors (Lipinski definition) is 0. The zero-order valence-electron chi connectivity index (χ0n) is 29.8. The maximum Gasteiger partial charge on any atom is 0.0366 e. The molecule has 4 aromatic rings. The van der Waals surface area contributed by atoms with Gasteiger partial charge in [-0.25, -0.2) is 10.0 Å². The minimum atomic E-state index is -1.16. The van der Waals surface area contributed by atoms with E-state index in [-0.39, 0.29) is 10.8 Å². The van der Waals surface area contributed by atoms with Crippen molar-refractivity contribution in [2.24, 2.45) is 11.8 Å². The largest absolute Gasteiger partial charge is 0.226 e. The predicted octanol–water partition coefficient (Wildman–Crippen LogP) is 13.1. The predicted molar refractivity (Wildman–Crippen MR) is 207 cm³/mol. The summed E-state index contributed by atoms with van der Waals surface area (Å²) in [4.78, 5) is 0. The van der Waals surface area contributed by atoms with Gasteiger partial charge in [-0.3, -0.25) is 0 Å². The number of benzene rings is 4. The van der Waals surface area contributed by atoms with E-state index in [1.54, 1.807) is 22.3 Å². The van der Waals surface area contributed by atoms with Crippen LogP contribution in [-0.2, 0) is 10.8 Å². The average Bonchev–Trinajstić information content (AvgIpc) is 3.98. The van der Waals surface area contributed by atoms with Gasteiger partial charge in [-0.05, 0) is 116 Å². The molecule has 0 spiro atoms. The first kappa shape index (κ1) is 31.0. The summed E-state index contributed by atoms with van der Waals surface area (Å²) in [5.41, 5.74) is 18.3. The van der Waals surface area contributed by atoms with Gasteiger partial charge < -0.3 is 0 Å². The van der Waals surface area contributed by atoms with E-state index in [0.29, 0.717) is 10.5 Å². The molecular weight excluding hydrogens is 585 g/mol. The second kappa shape index (κ2) is 10.9. The van der Waals surface area contributed by atoms with E-state index >= 15 is 0 Å². The number of rotatable bonds is 6. The minimum Gasteiger partial charge on any atom is -0.226 e. The average molecular weight is 637 g/mol. The van der Waals surface area contributed by atoms with Crippen LogP contribution >= 0.6 is 10.0 Å². The second-order valence-electron chi connectivity index (χ2n) is 17.4. The molecule has 0 radical (unpaired) electrons. The highest BCUT2D eigenvalue weighted by molar-refractivity contribution is 8.33. The van der Waals surface area contributed by atoms with Gasteiger partial charge in [-0.15, -0.1) is 0 Å². The molecule has 2 fully saturated rings. The number of hydrogen-bond acceptors (Lipinski definition) is 0. The molecule has 2 atom stereocenters. The van der Waals surface area contributed by atoms with Crippen molar-refractivity contribution in [3.63, 3.8) is 0 Å². The fourth-order valence-electron chi connectivity index (χ4n) is 8.58. The maximum atomic E-state index is 2.69. The van der Waals surface area contributed by atoms with Gasteiger partial charge in [0.05, 0.1) is 0 Å². The van der Waals surface area contributed by atoms with Gasteiger partial charge in [0, 0.05) is 10.5 Å². The Hall–Kier alpha value is -3.29. The van der Waals surface area contributed by atoms with Crippen LogP contribution in [0.1, 0.15) is 111 Å². The van der Waals surface area contributed by atoms with E-state index in [1.807, 2.05) is 0 Å². The highest BCUT2D eigenvalue weighted by atomic mass is 32.3. The molecule has 47 heavy (non-hydrogen) atoms. The van der Waals surface area contributed by atoms with Crippen molar-refractivity contribution in [1.82, 2.24) is 0 Å². The van der Waals surface area contributed by atoms with Crippen molar-refractivity contribution in [3.05, 3.63) is 129 Å². The van der Waals surface area contributed by atoms with Gasteiger partial charge in [0.15, 0.2) is 0 Å². The van der Waals surface area contributed by atoms with Gasteiger partial charge in [-0.1, -0.05) is 150 Å². The van der Waals surface area contributed by atoms with E-state index in [1.165, 1.54) is 70.2 Å². The summed E-state index contributed by atoms with van der Waals surface area (Å²) >= 11 is 0. The molecule has 0 bridgehead atoms. The molecule has 0 heterocycles. The van der Waals surface area contributed by atoms with E-state index in [4.69, 9.17) is 0 Å². The van der Waals surface area contributed by atoms with Crippen LogP contribution in [0.3, 0.4) is 0 Å². The Bertz CT molecular complexity index is 1770. The lowest BCUT2D eigenvalue weighted by Gasteiger charge is -2.47. The molecule has 8 rings (SSSR count). The molecule has 4 aromatic carbocycles. The van der Waals surface area contributed by atoms with Crippen LogP contribution < -0.4 is 0 Å². The van der Waals surface area contributed by atoms with Crippen LogP contribution in [0.5, 0.6) is 0 Å². The summed E-state index contributed by atoms with van der Waals surface area (Å²) < 4.78 is 0. The summed E-state index contributed by atoms with van der Waals surface area (Å²) in [6.45, 7) is 13.8. The highest BCUT2D eigenvalue weighted by Crippen LogP contribution is 2.76. The van der Waals surface area contributed by atoms with Crippen LogP contribution in [0.15, 0.2) is 96.1 Å². The van der Waals surface area contributed by atoms with Crippen molar-refractivity contribution < 1.29 is 0 Å². The first-order valence-corrected chi connectivity index (χ1v) is 20.5. The standard InChI is InChI=1S/C46H52S/c1-45(2,3)33-23-19-29(20-24-33)35-11-9-13-37-41(35)27-39(31-15-16-31)43(37)47(7,8)44-38-14-10-12-36(42(38)28-40(44)32-17-18-32)30-21-25-34(26-22-30)46(4,5)6/h9-14,19-28,31-32,43-44H,15-18H2,1-8H3. The van der Waals surface area contributed by atoms with Gasteiger partial charge in [0.1, 0.15) is 0 Å². The second-order valence-corrected chi connectivity index (χ2v) is 21.3. The zero-order chi connectivity index (χ0) is 32.9. The normalized spacial score (nSPS) is 21.3. The molecule has 4 aliphatic rings. The molecule has 1 heteroatoms. The van der Waals surface area contributed by atoms with Gasteiger partial charge in [0.25, 0.3) is 0 Å². The van der Waals surface area contributed by atoms with Gasteiger partial charge >= 0.3 is 0 Å². The molecule has 2 unspecified atom stereocenters. The Kier molecular flexibility index (Phi) is 7.17. The van der Waals surface area contributed by atoms with Crippen molar-refractivity contribution in [1.29, 1.82) is 0 Å². The molecular formula is C46H52S. The smallest absolute Gasteiger partial charge is 0.0366 e. The molecule has 0 N–H and O–H groups in total. The number of fused-ring (bicyclic) bond motifs is 2. The third kappa shape index (κ3) is 5.38. The molecule has 2 saturated carbocycles. The van der Waals surface area contributed by atoms with Gasteiger partial charge in [0.2, 0.25) is 0 Å². The van der Waals surface area contributed by atoms with Crippen molar-refractivity contribution in [2.45, 2.75) is 88.6 Å². The molecule has 242 valence electrons. The lowest BCUT2D eigenvalue weighted by atomic mass is 9.86. The summed E-state index contributed by atoms with van der Waals surface area (Å²) in [5, 5.41) is 1.01. The Labute approximate surface area is 285 Å². The third-order valence-electron chi connectivity index (χ3n) is 11.5. The van der Waals surface area contributed by atoms with Crippen LogP contribution in [0.4, 0.5) is 0 Å². The fourth-order valence-corrected chi connectivity index (χ4v) is 12.5. The fraction of sp³-hybridized carbons (Fsp3) is 0.391. The van der Waals surface area contributed by atoms with Crippen molar-refractivity contribution >= 4 is 22.2 Å².